The van der Waals surface area contributed by atoms with Crippen molar-refractivity contribution in [2.75, 3.05) is 18.0 Å². The Morgan fingerprint density at radius 1 is 1.04 bits per heavy atom. The normalized spacial score (nSPS) is 10.4. The Bertz CT molecular complexity index is 726. The maximum absolute atomic E-state index is 12.1. The van der Waals surface area contributed by atoms with Gasteiger partial charge in [0, 0.05) is 32.1 Å². The summed E-state index contributed by atoms with van der Waals surface area (Å²) >= 11 is 0. The highest BCUT2D eigenvalue weighted by atomic mass is 16.2. The average Bonchev–Trinajstić information content (AvgIpc) is 2.58. The molecule has 0 atom stereocenters. The van der Waals surface area contributed by atoms with Gasteiger partial charge in [0.15, 0.2) is 0 Å². The van der Waals surface area contributed by atoms with E-state index < -0.39 is 0 Å². The summed E-state index contributed by atoms with van der Waals surface area (Å²) < 4.78 is 0. The van der Waals surface area contributed by atoms with Crippen LogP contribution < -0.4 is 10.2 Å². The molecule has 0 spiro atoms. The molecule has 0 fully saturated rings. The molecule has 0 saturated carbocycles. The van der Waals surface area contributed by atoms with Gasteiger partial charge in [-0.05, 0) is 43.0 Å². The number of nitrogens with zero attached hydrogens (tertiary/aromatic N) is 1. The number of hydrogen-bond donors (Lipinski definition) is 1. The smallest absolute Gasteiger partial charge is 0.223 e. The fourth-order valence-electron chi connectivity index (χ4n) is 2.75. The van der Waals surface area contributed by atoms with Crippen molar-refractivity contribution in [3.63, 3.8) is 0 Å². The van der Waals surface area contributed by atoms with Gasteiger partial charge in [0.2, 0.25) is 11.8 Å². The lowest BCUT2D eigenvalue weighted by atomic mass is 10.1. The van der Waals surface area contributed by atoms with Crippen LogP contribution in [0.2, 0.25) is 0 Å². The van der Waals surface area contributed by atoms with Crippen LogP contribution in [-0.2, 0) is 16.0 Å². The van der Waals surface area contributed by atoms with Gasteiger partial charge in [-0.25, -0.2) is 0 Å². The maximum Gasteiger partial charge on any atom is 0.223 e. The van der Waals surface area contributed by atoms with Crippen molar-refractivity contribution in [2.24, 2.45) is 0 Å². The van der Waals surface area contributed by atoms with E-state index in [1.807, 2.05) is 62.4 Å². The van der Waals surface area contributed by atoms with Gasteiger partial charge >= 0.3 is 0 Å². The lowest BCUT2D eigenvalue weighted by molar-refractivity contribution is -0.121. The first kappa shape index (κ1) is 18.7. The zero-order valence-electron chi connectivity index (χ0n) is 15.2. The summed E-state index contributed by atoms with van der Waals surface area (Å²) in [6, 6.07) is 16.1. The minimum atomic E-state index is -0.0502. The van der Waals surface area contributed by atoms with Crippen LogP contribution in [0.5, 0.6) is 0 Å². The molecule has 0 radical (unpaired) electrons. The van der Waals surface area contributed by atoms with Gasteiger partial charge in [0.05, 0.1) is 0 Å². The monoisotopic (exact) mass is 338 g/mol. The molecule has 0 heterocycles. The number of carbonyl (C=O) groups is 2. The summed E-state index contributed by atoms with van der Waals surface area (Å²) in [6.07, 6.45) is 1.10. The molecular weight excluding hydrogens is 312 g/mol. The molecule has 2 amide bonds. The molecule has 0 unspecified atom stereocenters. The minimum absolute atomic E-state index is 0.0347. The van der Waals surface area contributed by atoms with Gasteiger partial charge in [-0.3, -0.25) is 9.59 Å². The van der Waals surface area contributed by atoms with Crippen LogP contribution in [0.25, 0.3) is 0 Å². The van der Waals surface area contributed by atoms with E-state index in [4.69, 9.17) is 0 Å². The first-order chi connectivity index (χ1) is 12.0. The molecule has 2 aromatic carbocycles. The fourth-order valence-corrected chi connectivity index (χ4v) is 2.75. The number of nitrogens with one attached hydrogen (secondary N) is 1. The van der Waals surface area contributed by atoms with Crippen LogP contribution in [0.3, 0.4) is 0 Å². The molecule has 0 aromatic heterocycles. The molecule has 2 aromatic rings. The minimum Gasteiger partial charge on any atom is -0.356 e. The highest BCUT2D eigenvalue weighted by molar-refractivity contribution is 5.93. The summed E-state index contributed by atoms with van der Waals surface area (Å²) in [6.45, 7) is 6.50. The van der Waals surface area contributed by atoms with Crippen molar-refractivity contribution in [3.8, 4) is 0 Å². The van der Waals surface area contributed by atoms with Crippen LogP contribution >= 0.6 is 0 Å². The fraction of sp³-hybridized carbons (Fsp3) is 0.333. The lowest BCUT2D eigenvalue weighted by Crippen LogP contribution is -2.34. The number of anilines is 1. The van der Waals surface area contributed by atoms with Crippen molar-refractivity contribution in [3.05, 3.63) is 65.2 Å². The third-order valence-corrected chi connectivity index (χ3v) is 4.18. The maximum atomic E-state index is 12.1. The molecule has 2 rings (SSSR count). The molecule has 0 bridgehead atoms. The first-order valence-electron chi connectivity index (χ1n) is 8.63. The molecule has 0 aliphatic heterocycles. The van der Waals surface area contributed by atoms with Crippen molar-refractivity contribution < 1.29 is 9.59 Å². The van der Waals surface area contributed by atoms with Crippen molar-refractivity contribution in [1.82, 2.24) is 5.32 Å². The molecule has 0 aliphatic carbocycles. The predicted molar refractivity (Wildman–Crippen MR) is 102 cm³/mol. The highest BCUT2D eigenvalue weighted by Gasteiger charge is 2.15. The molecule has 0 aliphatic rings. The summed E-state index contributed by atoms with van der Waals surface area (Å²) in [4.78, 5) is 25.8. The van der Waals surface area contributed by atoms with Gasteiger partial charge in [0.1, 0.15) is 0 Å². The van der Waals surface area contributed by atoms with E-state index in [0.717, 1.165) is 23.2 Å². The Morgan fingerprint density at radius 2 is 1.76 bits per heavy atom. The Balaban J connectivity index is 1.87. The molecule has 25 heavy (non-hydrogen) atoms. The number of rotatable bonds is 7. The van der Waals surface area contributed by atoms with E-state index in [1.165, 1.54) is 12.5 Å². The highest BCUT2D eigenvalue weighted by Crippen LogP contribution is 2.22. The molecular formula is C21H26N2O2. The Morgan fingerprint density at radius 3 is 2.44 bits per heavy atom. The van der Waals surface area contributed by atoms with Gasteiger partial charge < -0.3 is 10.2 Å². The zero-order chi connectivity index (χ0) is 18.2. The van der Waals surface area contributed by atoms with E-state index in [2.05, 4.69) is 5.32 Å². The topological polar surface area (TPSA) is 49.4 Å². The van der Waals surface area contributed by atoms with Crippen LogP contribution in [0.4, 0.5) is 5.69 Å². The summed E-state index contributed by atoms with van der Waals surface area (Å²) in [5, 5.41) is 2.93. The second kappa shape index (κ2) is 9.02. The summed E-state index contributed by atoms with van der Waals surface area (Å²) in [5.41, 5.74) is 4.21. The average molecular weight is 338 g/mol. The van der Waals surface area contributed by atoms with Crippen LogP contribution in [0.1, 0.15) is 30.0 Å². The van der Waals surface area contributed by atoms with Crippen LogP contribution in [0, 0.1) is 13.8 Å². The van der Waals surface area contributed by atoms with Crippen molar-refractivity contribution in [1.29, 1.82) is 0 Å². The van der Waals surface area contributed by atoms with Crippen molar-refractivity contribution >= 4 is 17.5 Å². The molecule has 132 valence electrons. The van der Waals surface area contributed by atoms with E-state index >= 15 is 0 Å². The van der Waals surface area contributed by atoms with Gasteiger partial charge in [-0.1, -0.05) is 42.5 Å². The number of hydrogen-bond acceptors (Lipinski definition) is 2. The molecule has 1 N–H and O–H groups in total. The van der Waals surface area contributed by atoms with E-state index in [0.29, 0.717) is 19.5 Å². The first-order valence-corrected chi connectivity index (χ1v) is 8.63. The van der Waals surface area contributed by atoms with Crippen LogP contribution in [-0.4, -0.2) is 24.9 Å². The molecule has 0 saturated heterocycles. The summed E-state index contributed by atoms with van der Waals surface area (Å²) in [7, 11) is 0. The Kier molecular flexibility index (Phi) is 6.75. The Hall–Kier alpha value is -2.62. The Labute approximate surface area is 149 Å². The van der Waals surface area contributed by atoms with Crippen molar-refractivity contribution in [2.45, 2.75) is 33.6 Å². The van der Waals surface area contributed by atoms with Gasteiger partial charge in [-0.2, -0.15) is 0 Å². The summed E-state index contributed by atoms with van der Waals surface area (Å²) in [5.74, 6) is -0.0849. The van der Waals surface area contributed by atoms with Gasteiger partial charge in [-0.15, -0.1) is 0 Å². The van der Waals surface area contributed by atoms with Crippen LogP contribution in [0.15, 0.2) is 48.5 Å². The predicted octanol–water partition coefficient (Wildman–Crippen LogP) is 3.41. The number of aryl methyl sites for hydroxylation is 2. The van der Waals surface area contributed by atoms with E-state index in [9.17, 15) is 9.59 Å². The lowest BCUT2D eigenvalue weighted by Gasteiger charge is -2.23. The van der Waals surface area contributed by atoms with E-state index in [1.54, 1.807) is 4.90 Å². The standard InChI is InChI=1S/C21H26N2O2/c1-16-9-10-17(2)20(15-16)23(18(3)24)14-12-21(25)22-13-11-19-7-5-4-6-8-19/h4-10,15H,11-14H2,1-3H3,(H,22,25). The molecule has 4 nitrogen and oxygen atoms in total. The number of carbonyl (C=O) groups excluding carboxylic acids is 2. The quantitative estimate of drug-likeness (QED) is 0.841. The number of amides is 2. The third-order valence-electron chi connectivity index (χ3n) is 4.18. The SMILES string of the molecule is CC(=O)N(CCC(=O)NCCc1ccccc1)c1cc(C)ccc1C. The van der Waals surface area contributed by atoms with E-state index in [-0.39, 0.29) is 11.8 Å². The number of benzene rings is 2. The van der Waals surface area contributed by atoms with Gasteiger partial charge in [0.25, 0.3) is 0 Å². The zero-order valence-corrected chi connectivity index (χ0v) is 15.2. The second-order valence-electron chi connectivity index (χ2n) is 6.30. The third kappa shape index (κ3) is 5.75. The largest absolute Gasteiger partial charge is 0.356 e. The second-order valence-corrected chi connectivity index (χ2v) is 6.30. The molecule has 4 heteroatoms.